The van der Waals surface area contributed by atoms with E-state index in [0.717, 1.165) is 25.3 Å². The second kappa shape index (κ2) is 6.11. The van der Waals surface area contributed by atoms with Crippen molar-refractivity contribution < 1.29 is 8.42 Å². The lowest BCUT2D eigenvalue weighted by molar-refractivity contribution is 0.169. The van der Waals surface area contributed by atoms with Crippen LogP contribution in [0.2, 0.25) is 0 Å². The third-order valence-electron chi connectivity index (χ3n) is 3.87. The summed E-state index contributed by atoms with van der Waals surface area (Å²) in [6.45, 7) is 5.02. The van der Waals surface area contributed by atoms with Gasteiger partial charge in [0, 0.05) is 37.3 Å². The lowest BCUT2D eigenvalue weighted by atomic mass is 10.1. The molecule has 1 unspecified atom stereocenters. The van der Waals surface area contributed by atoms with E-state index in [2.05, 4.69) is 33.1 Å². The van der Waals surface area contributed by atoms with E-state index in [9.17, 15) is 8.42 Å². The Bertz CT molecular complexity index is 750. The molecule has 0 fully saturated rings. The van der Waals surface area contributed by atoms with Crippen molar-refractivity contribution in [1.82, 2.24) is 19.4 Å². The summed E-state index contributed by atoms with van der Waals surface area (Å²) in [6, 6.07) is 4.16. The summed E-state index contributed by atoms with van der Waals surface area (Å²) in [5.41, 5.74) is 2.44. The SMILES string of the molecule is Cc1ccsc1CN1Cc2ccnn2C(CNS(C)(=O)=O)C1. The number of thiophene rings is 1. The van der Waals surface area contributed by atoms with Crippen molar-refractivity contribution in [1.29, 1.82) is 0 Å². The number of nitrogens with zero attached hydrogens (tertiary/aromatic N) is 3. The summed E-state index contributed by atoms with van der Waals surface area (Å²) in [7, 11) is -3.19. The maximum Gasteiger partial charge on any atom is 0.208 e. The zero-order chi connectivity index (χ0) is 15.7. The fourth-order valence-corrected chi connectivity index (χ4v) is 4.20. The molecule has 1 aliphatic rings. The van der Waals surface area contributed by atoms with Crippen LogP contribution in [0.5, 0.6) is 0 Å². The average molecular weight is 340 g/mol. The number of aryl methyl sites for hydroxylation is 1. The first kappa shape index (κ1) is 15.7. The monoisotopic (exact) mass is 340 g/mol. The topological polar surface area (TPSA) is 67.2 Å². The molecule has 22 heavy (non-hydrogen) atoms. The van der Waals surface area contributed by atoms with Crippen molar-refractivity contribution in [2.45, 2.75) is 26.1 Å². The fraction of sp³-hybridized carbons (Fsp3) is 0.500. The molecule has 3 rings (SSSR count). The predicted molar refractivity (Wildman–Crippen MR) is 87.3 cm³/mol. The average Bonchev–Trinajstić information content (AvgIpc) is 3.05. The second-order valence-corrected chi connectivity index (χ2v) is 8.57. The van der Waals surface area contributed by atoms with Gasteiger partial charge in [-0.2, -0.15) is 5.10 Å². The van der Waals surface area contributed by atoms with Gasteiger partial charge in [0.2, 0.25) is 10.0 Å². The highest BCUT2D eigenvalue weighted by molar-refractivity contribution is 7.88. The van der Waals surface area contributed by atoms with Crippen LogP contribution >= 0.6 is 11.3 Å². The first-order chi connectivity index (χ1) is 10.4. The van der Waals surface area contributed by atoms with E-state index in [1.165, 1.54) is 16.7 Å². The van der Waals surface area contributed by atoms with E-state index in [1.54, 1.807) is 17.5 Å². The molecule has 0 radical (unpaired) electrons. The smallest absolute Gasteiger partial charge is 0.208 e. The molecule has 0 spiro atoms. The van der Waals surface area contributed by atoms with Gasteiger partial charge in [-0.1, -0.05) is 0 Å². The Hall–Kier alpha value is -1.22. The van der Waals surface area contributed by atoms with E-state index in [0.29, 0.717) is 6.54 Å². The largest absolute Gasteiger partial charge is 0.290 e. The molecule has 8 heteroatoms. The molecule has 0 amide bonds. The molecular weight excluding hydrogens is 320 g/mol. The summed E-state index contributed by atoms with van der Waals surface area (Å²) in [5.74, 6) is 0. The van der Waals surface area contributed by atoms with E-state index in [-0.39, 0.29) is 6.04 Å². The minimum atomic E-state index is -3.19. The van der Waals surface area contributed by atoms with E-state index in [1.807, 2.05) is 10.7 Å². The molecule has 0 saturated heterocycles. The maximum atomic E-state index is 11.4. The predicted octanol–water partition coefficient (Wildman–Crippen LogP) is 1.36. The minimum Gasteiger partial charge on any atom is -0.290 e. The molecule has 1 aliphatic heterocycles. The first-order valence-electron chi connectivity index (χ1n) is 7.15. The molecule has 0 aromatic carbocycles. The Morgan fingerprint density at radius 1 is 1.45 bits per heavy atom. The Morgan fingerprint density at radius 2 is 2.27 bits per heavy atom. The van der Waals surface area contributed by atoms with Crippen LogP contribution < -0.4 is 4.72 Å². The number of fused-ring (bicyclic) bond motifs is 1. The third kappa shape index (κ3) is 3.57. The van der Waals surface area contributed by atoms with Crippen LogP contribution in [0, 0.1) is 6.92 Å². The first-order valence-corrected chi connectivity index (χ1v) is 9.92. The van der Waals surface area contributed by atoms with Crippen LogP contribution in [0.3, 0.4) is 0 Å². The molecule has 0 saturated carbocycles. The number of rotatable bonds is 5. The molecule has 0 bridgehead atoms. The number of aromatic nitrogens is 2. The number of hydrogen-bond acceptors (Lipinski definition) is 5. The number of sulfonamides is 1. The summed E-state index contributed by atoms with van der Waals surface area (Å²) < 4.78 is 27.2. The molecule has 1 N–H and O–H groups in total. The van der Waals surface area contributed by atoms with Gasteiger partial charge in [0.1, 0.15) is 0 Å². The van der Waals surface area contributed by atoms with Crippen LogP contribution in [-0.2, 0) is 23.1 Å². The Kier molecular flexibility index (Phi) is 4.35. The fourth-order valence-electron chi connectivity index (χ4n) is 2.75. The van der Waals surface area contributed by atoms with E-state index < -0.39 is 10.0 Å². The summed E-state index contributed by atoms with van der Waals surface area (Å²) in [4.78, 5) is 3.72. The quantitative estimate of drug-likeness (QED) is 0.892. The van der Waals surface area contributed by atoms with Gasteiger partial charge in [0.05, 0.1) is 18.0 Å². The number of nitrogens with one attached hydrogen (secondary N) is 1. The summed E-state index contributed by atoms with van der Waals surface area (Å²) >= 11 is 1.77. The molecule has 2 aromatic heterocycles. The summed E-state index contributed by atoms with van der Waals surface area (Å²) in [6.07, 6.45) is 2.97. The van der Waals surface area contributed by atoms with Crippen molar-refractivity contribution in [3.05, 3.63) is 39.8 Å². The Balaban J connectivity index is 1.75. The van der Waals surface area contributed by atoms with Crippen LogP contribution in [0.1, 0.15) is 22.2 Å². The lowest BCUT2D eigenvalue weighted by Crippen LogP contribution is -2.42. The van der Waals surface area contributed by atoms with Crippen molar-refractivity contribution in [3.63, 3.8) is 0 Å². The van der Waals surface area contributed by atoms with Gasteiger partial charge in [0.25, 0.3) is 0 Å². The number of hydrogen-bond donors (Lipinski definition) is 1. The van der Waals surface area contributed by atoms with E-state index >= 15 is 0 Å². The van der Waals surface area contributed by atoms with Gasteiger partial charge < -0.3 is 0 Å². The standard InChI is InChI=1S/C14H20N4O2S2/c1-11-4-6-21-14(11)10-17-8-12-3-5-15-18(12)13(9-17)7-16-22(2,19)20/h3-6,13,16H,7-10H2,1-2H3. The highest BCUT2D eigenvalue weighted by Crippen LogP contribution is 2.24. The third-order valence-corrected chi connectivity index (χ3v) is 5.57. The van der Waals surface area contributed by atoms with Crippen LogP contribution in [0.25, 0.3) is 0 Å². The molecule has 120 valence electrons. The minimum absolute atomic E-state index is 0.0220. The zero-order valence-corrected chi connectivity index (χ0v) is 14.3. The Morgan fingerprint density at radius 3 is 2.95 bits per heavy atom. The van der Waals surface area contributed by atoms with Crippen molar-refractivity contribution in [2.75, 3.05) is 19.3 Å². The van der Waals surface area contributed by atoms with Gasteiger partial charge >= 0.3 is 0 Å². The van der Waals surface area contributed by atoms with Crippen molar-refractivity contribution >= 4 is 21.4 Å². The molecule has 1 atom stereocenters. The van der Waals surface area contributed by atoms with Gasteiger partial charge in [-0.15, -0.1) is 11.3 Å². The van der Waals surface area contributed by atoms with Gasteiger partial charge in [0.15, 0.2) is 0 Å². The van der Waals surface area contributed by atoms with E-state index in [4.69, 9.17) is 0 Å². The molecule has 6 nitrogen and oxygen atoms in total. The van der Waals surface area contributed by atoms with Crippen molar-refractivity contribution in [3.8, 4) is 0 Å². The highest BCUT2D eigenvalue weighted by Gasteiger charge is 2.26. The Labute approximate surface area is 134 Å². The molecule has 3 heterocycles. The molecule has 0 aliphatic carbocycles. The normalized spacial score (nSPS) is 19.3. The van der Waals surface area contributed by atoms with Crippen LogP contribution in [0.4, 0.5) is 0 Å². The lowest BCUT2D eigenvalue weighted by Gasteiger charge is -2.33. The van der Waals surface area contributed by atoms with Gasteiger partial charge in [-0.25, -0.2) is 13.1 Å². The maximum absolute atomic E-state index is 11.4. The van der Waals surface area contributed by atoms with Gasteiger partial charge in [-0.05, 0) is 30.0 Å². The molecule has 2 aromatic rings. The van der Waals surface area contributed by atoms with Crippen LogP contribution in [-0.4, -0.2) is 42.4 Å². The van der Waals surface area contributed by atoms with Gasteiger partial charge in [-0.3, -0.25) is 9.58 Å². The summed E-state index contributed by atoms with van der Waals surface area (Å²) in [5, 5.41) is 6.46. The van der Waals surface area contributed by atoms with Crippen molar-refractivity contribution in [2.24, 2.45) is 0 Å². The zero-order valence-electron chi connectivity index (χ0n) is 12.7. The molecular formula is C14H20N4O2S2. The highest BCUT2D eigenvalue weighted by atomic mass is 32.2. The van der Waals surface area contributed by atoms with Crippen LogP contribution in [0.15, 0.2) is 23.7 Å². The second-order valence-electron chi connectivity index (χ2n) is 5.74.